The van der Waals surface area contributed by atoms with Gasteiger partial charge in [0.2, 0.25) is 0 Å². The Bertz CT molecular complexity index is 1150. The Hall–Kier alpha value is -2.22. The quantitative estimate of drug-likeness (QED) is 0.620. The van der Waals surface area contributed by atoms with Crippen molar-refractivity contribution in [2.45, 2.75) is 55.4 Å². The van der Waals surface area contributed by atoms with Crippen molar-refractivity contribution >= 4 is 23.1 Å². The Kier molecular flexibility index (Phi) is 4.22. The fourth-order valence-electron chi connectivity index (χ4n) is 4.64. The summed E-state index contributed by atoms with van der Waals surface area (Å²) in [5.74, 6) is 0. The van der Waals surface area contributed by atoms with Gasteiger partial charge in [0.15, 0.2) is 0 Å². The topological polar surface area (TPSA) is 9.86 Å². The minimum Gasteiger partial charge on any atom is -0.348 e. The predicted octanol–water partition coefficient (Wildman–Crippen LogP) is 4.30. The predicted molar refractivity (Wildman–Crippen MR) is 114 cm³/mol. The molecule has 0 saturated carbocycles. The van der Waals surface area contributed by atoms with Crippen LogP contribution < -0.4 is 10.6 Å². The maximum absolute atomic E-state index is 4.47. The molecule has 0 saturated heterocycles. The second-order valence-corrected chi connectivity index (χ2v) is 7.97. The molecule has 138 valence electrons. The third kappa shape index (κ3) is 2.17. The molecule has 3 rings (SSSR count). The molecule has 0 amide bonds. The van der Waals surface area contributed by atoms with Gasteiger partial charge in [-0.15, -0.1) is 0 Å². The minimum atomic E-state index is 1.10. The summed E-state index contributed by atoms with van der Waals surface area (Å²) in [6.45, 7) is 22.4. The normalized spacial score (nSPS) is 13.0. The maximum Gasteiger partial charge on any atom is 0.0523 e. The zero-order valence-electron chi connectivity index (χ0n) is 18.1. The zero-order valence-corrected chi connectivity index (χ0v) is 18.1. The van der Waals surface area contributed by atoms with Crippen LogP contribution in [0.5, 0.6) is 0 Å². The molecule has 0 N–H and O–H groups in total. The lowest BCUT2D eigenvalue weighted by molar-refractivity contribution is 0.857. The lowest BCUT2D eigenvalue weighted by Crippen LogP contribution is -2.28. The fourth-order valence-corrected chi connectivity index (χ4v) is 4.64. The van der Waals surface area contributed by atoms with Crippen LogP contribution in [0.3, 0.4) is 0 Å². The van der Waals surface area contributed by atoms with Gasteiger partial charge in [0.25, 0.3) is 0 Å². The number of hydrogen-bond acceptors (Lipinski definition) is 0. The van der Waals surface area contributed by atoms with Gasteiger partial charge in [0.1, 0.15) is 0 Å². The summed E-state index contributed by atoms with van der Waals surface area (Å²) in [6, 6.07) is 0. The molecule has 0 aliphatic rings. The van der Waals surface area contributed by atoms with Gasteiger partial charge in [0.05, 0.1) is 5.52 Å². The molecule has 0 aliphatic carbocycles. The Balaban J connectivity index is 2.68. The van der Waals surface area contributed by atoms with Crippen LogP contribution in [0.4, 0.5) is 0 Å². The van der Waals surface area contributed by atoms with Gasteiger partial charge >= 0.3 is 0 Å². The summed E-state index contributed by atoms with van der Waals surface area (Å²) in [7, 11) is 4.33. The summed E-state index contributed by atoms with van der Waals surface area (Å²) in [5, 5.41) is 3.77. The van der Waals surface area contributed by atoms with E-state index in [0.29, 0.717) is 0 Å². The molecule has 0 bridgehead atoms. The Morgan fingerprint density at radius 3 is 1.73 bits per heavy atom. The highest BCUT2D eigenvalue weighted by atomic mass is 15.0. The fraction of sp³-hybridized carbons (Fsp3) is 0.417. The summed E-state index contributed by atoms with van der Waals surface area (Å²) in [4.78, 5) is 0. The van der Waals surface area contributed by atoms with Gasteiger partial charge in [-0.25, -0.2) is 0 Å². The van der Waals surface area contributed by atoms with Gasteiger partial charge in [-0.3, -0.25) is 0 Å². The van der Waals surface area contributed by atoms with Crippen LogP contribution in [-0.2, 0) is 14.1 Å². The number of fused-ring (bicyclic) bond motifs is 1. The van der Waals surface area contributed by atoms with Gasteiger partial charge in [0, 0.05) is 41.4 Å². The van der Waals surface area contributed by atoms with E-state index in [2.05, 4.69) is 85.2 Å². The van der Waals surface area contributed by atoms with Crippen molar-refractivity contribution in [1.82, 2.24) is 9.13 Å². The monoisotopic (exact) mass is 348 g/mol. The van der Waals surface area contributed by atoms with Crippen LogP contribution >= 0.6 is 0 Å². The van der Waals surface area contributed by atoms with Crippen LogP contribution in [0, 0.1) is 48.5 Å². The molecule has 26 heavy (non-hydrogen) atoms. The highest BCUT2D eigenvalue weighted by Crippen LogP contribution is 2.29. The molecule has 0 unspecified atom stereocenters. The molecule has 3 aromatic rings. The largest absolute Gasteiger partial charge is 0.348 e. The Labute approximate surface area is 157 Å². The number of nitrogens with zero attached hydrogens (tertiary/aromatic N) is 2. The number of aromatic nitrogens is 2. The molecule has 2 heterocycles. The summed E-state index contributed by atoms with van der Waals surface area (Å²) in [6.07, 6.45) is 0. The molecule has 0 aliphatic heterocycles. The number of aryl methyl sites for hydroxylation is 3. The Morgan fingerprint density at radius 1 is 0.692 bits per heavy atom. The first-order valence-corrected chi connectivity index (χ1v) is 9.39. The highest BCUT2D eigenvalue weighted by molar-refractivity contribution is 5.92. The van der Waals surface area contributed by atoms with Crippen molar-refractivity contribution in [1.29, 1.82) is 0 Å². The van der Waals surface area contributed by atoms with Crippen LogP contribution in [0.2, 0.25) is 0 Å². The molecule has 0 spiro atoms. The second kappa shape index (κ2) is 5.90. The van der Waals surface area contributed by atoms with Gasteiger partial charge in [-0.05, 0) is 94.3 Å². The lowest BCUT2D eigenvalue weighted by Gasteiger charge is -2.13. The van der Waals surface area contributed by atoms with Crippen molar-refractivity contribution in [3.8, 4) is 0 Å². The first kappa shape index (κ1) is 18.6. The third-order valence-electron chi connectivity index (χ3n) is 6.96. The number of rotatable bonds is 1. The molecule has 2 aromatic heterocycles. The van der Waals surface area contributed by atoms with Crippen molar-refractivity contribution in [3.05, 3.63) is 55.3 Å². The molecule has 2 heteroatoms. The summed E-state index contributed by atoms with van der Waals surface area (Å²) in [5.41, 5.74) is 13.6. The van der Waals surface area contributed by atoms with Crippen molar-refractivity contribution < 1.29 is 0 Å². The molecular weight excluding hydrogens is 316 g/mol. The van der Waals surface area contributed by atoms with E-state index in [9.17, 15) is 0 Å². The van der Waals surface area contributed by atoms with Crippen LogP contribution in [0.25, 0.3) is 23.1 Å². The molecule has 2 nitrogen and oxygen atoms in total. The van der Waals surface area contributed by atoms with E-state index in [1.807, 2.05) is 0 Å². The highest BCUT2D eigenvalue weighted by Gasteiger charge is 2.19. The standard InChI is InChI=1S/C24H32N2/c1-12-13(2)16(5)24-22(15(12)4)21(20(9)26(24)11)18(7)23-17(6)14(3)19(8)25(23)10/h9H2,1-8,10-11H3. The zero-order chi connectivity index (χ0) is 19.7. The first-order valence-electron chi connectivity index (χ1n) is 9.39. The number of benzene rings is 1. The molecule has 0 fully saturated rings. The first-order chi connectivity index (χ1) is 12.0. The van der Waals surface area contributed by atoms with E-state index in [4.69, 9.17) is 0 Å². The van der Waals surface area contributed by atoms with E-state index in [0.717, 1.165) is 5.35 Å². The molecule has 0 atom stereocenters. The molecule has 0 radical (unpaired) electrons. The van der Waals surface area contributed by atoms with Crippen LogP contribution in [-0.4, -0.2) is 9.13 Å². The van der Waals surface area contributed by atoms with E-state index in [1.165, 1.54) is 66.5 Å². The van der Waals surface area contributed by atoms with E-state index < -0.39 is 0 Å². The maximum atomic E-state index is 4.47. The molecule has 1 aromatic carbocycles. The molecular formula is C24H32N2. The summed E-state index contributed by atoms with van der Waals surface area (Å²) < 4.78 is 4.61. The van der Waals surface area contributed by atoms with Gasteiger partial charge in [-0.2, -0.15) is 0 Å². The van der Waals surface area contributed by atoms with E-state index in [1.54, 1.807) is 0 Å². The second-order valence-electron chi connectivity index (χ2n) is 7.97. The number of hydrogen-bond donors (Lipinski definition) is 0. The summed E-state index contributed by atoms with van der Waals surface area (Å²) >= 11 is 0. The third-order valence-corrected chi connectivity index (χ3v) is 6.96. The van der Waals surface area contributed by atoms with Gasteiger partial charge < -0.3 is 9.13 Å². The van der Waals surface area contributed by atoms with E-state index >= 15 is 0 Å². The van der Waals surface area contributed by atoms with Crippen LogP contribution in [0.1, 0.15) is 51.7 Å². The average Bonchev–Trinajstić information content (AvgIpc) is 2.97. The van der Waals surface area contributed by atoms with Crippen LogP contribution in [0.15, 0.2) is 0 Å². The smallest absolute Gasteiger partial charge is 0.0523 e. The SMILES string of the molecule is C=c1c(=C(C)c2c(C)c(C)c(C)n2C)c2c(C)c(C)c(C)c(C)c2n1C. The average molecular weight is 349 g/mol. The Morgan fingerprint density at radius 2 is 1.23 bits per heavy atom. The van der Waals surface area contributed by atoms with Crippen molar-refractivity contribution in [3.63, 3.8) is 0 Å². The van der Waals surface area contributed by atoms with E-state index in [-0.39, 0.29) is 0 Å². The van der Waals surface area contributed by atoms with Crippen molar-refractivity contribution in [2.75, 3.05) is 0 Å². The van der Waals surface area contributed by atoms with Crippen molar-refractivity contribution in [2.24, 2.45) is 14.1 Å². The minimum absolute atomic E-state index is 1.10. The van der Waals surface area contributed by atoms with Gasteiger partial charge in [-0.1, -0.05) is 6.58 Å². The lowest BCUT2D eigenvalue weighted by atomic mass is 9.93.